The van der Waals surface area contributed by atoms with E-state index < -0.39 is 5.97 Å². The number of aromatic carboxylic acids is 1. The monoisotopic (exact) mass is 251 g/mol. The van der Waals surface area contributed by atoms with Crippen LogP contribution in [0.1, 0.15) is 35.9 Å². The molecule has 0 spiro atoms. The number of imide groups is 1. The molecule has 1 fully saturated rings. The molecule has 6 heteroatoms. The number of carboxylic acids is 1. The van der Waals surface area contributed by atoms with Gasteiger partial charge in [0.15, 0.2) is 0 Å². The zero-order valence-electron chi connectivity index (χ0n) is 9.88. The smallest absolute Gasteiger partial charge is 0.372 e. The summed E-state index contributed by atoms with van der Waals surface area (Å²) in [6.07, 6.45) is 1.86. The van der Waals surface area contributed by atoms with E-state index >= 15 is 0 Å². The molecule has 1 aromatic rings. The number of carbonyl (C=O) groups excluding carboxylic acids is 2. The van der Waals surface area contributed by atoms with Crippen molar-refractivity contribution in [3.8, 4) is 0 Å². The van der Waals surface area contributed by atoms with Gasteiger partial charge in [-0.15, -0.1) is 0 Å². The van der Waals surface area contributed by atoms with Crippen LogP contribution < -0.4 is 0 Å². The van der Waals surface area contributed by atoms with Crippen molar-refractivity contribution in [3.63, 3.8) is 0 Å². The van der Waals surface area contributed by atoms with Crippen molar-refractivity contribution in [3.05, 3.63) is 23.7 Å². The van der Waals surface area contributed by atoms with Crippen molar-refractivity contribution >= 4 is 17.8 Å². The summed E-state index contributed by atoms with van der Waals surface area (Å²) in [5.41, 5.74) is 0.332. The molecule has 2 heterocycles. The van der Waals surface area contributed by atoms with Crippen LogP contribution >= 0.6 is 0 Å². The molecule has 1 saturated heterocycles. The molecular formula is C12H13NO5. The Morgan fingerprint density at radius 2 is 2.06 bits per heavy atom. The first-order chi connectivity index (χ1) is 8.49. The molecule has 0 aliphatic carbocycles. The van der Waals surface area contributed by atoms with E-state index in [1.54, 1.807) is 0 Å². The van der Waals surface area contributed by atoms with Crippen LogP contribution in [0, 0.1) is 5.92 Å². The largest absolute Gasteiger partial charge is 0.475 e. The molecule has 1 N–H and O–H groups in total. The highest BCUT2D eigenvalue weighted by molar-refractivity contribution is 5.98. The number of likely N-dealkylation sites (tertiary alicyclic amines) is 1. The minimum atomic E-state index is -1.21. The highest BCUT2D eigenvalue weighted by Gasteiger charge is 2.31. The summed E-state index contributed by atoms with van der Waals surface area (Å²) in [6.45, 7) is 1.80. The van der Waals surface area contributed by atoms with Crippen LogP contribution in [0.2, 0.25) is 0 Å². The Morgan fingerprint density at radius 3 is 2.61 bits per heavy atom. The van der Waals surface area contributed by atoms with Gasteiger partial charge in [0.1, 0.15) is 0 Å². The Balaban J connectivity index is 2.18. The number of furan rings is 1. The van der Waals surface area contributed by atoms with E-state index in [0.717, 1.165) is 4.90 Å². The number of nitrogens with zero attached hydrogens (tertiary/aromatic N) is 1. The van der Waals surface area contributed by atoms with E-state index in [1.165, 1.54) is 12.3 Å². The first-order valence-corrected chi connectivity index (χ1v) is 5.62. The van der Waals surface area contributed by atoms with E-state index in [4.69, 9.17) is 9.52 Å². The van der Waals surface area contributed by atoms with Crippen LogP contribution in [0.3, 0.4) is 0 Å². The minimum Gasteiger partial charge on any atom is -0.475 e. The first kappa shape index (κ1) is 12.3. The van der Waals surface area contributed by atoms with Crippen molar-refractivity contribution in [2.24, 2.45) is 5.92 Å². The lowest BCUT2D eigenvalue weighted by Crippen LogP contribution is -2.42. The molecule has 1 aromatic heterocycles. The summed E-state index contributed by atoms with van der Waals surface area (Å²) in [4.78, 5) is 35.5. The van der Waals surface area contributed by atoms with E-state index in [2.05, 4.69) is 0 Å². The SMILES string of the molecule is CC1CC(=O)N(Cc2ccoc2C(=O)O)C(=O)C1. The zero-order chi connectivity index (χ0) is 13.3. The number of hydrogen-bond acceptors (Lipinski definition) is 4. The van der Waals surface area contributed by atoms with Gasteiger partial charge in [-0.2, -0.15) is 0 Å². The van der Waals surface area contributed by atoms with Crippen molar-refractivity contribution in [1.82, 2.24) is 4.90 Å². The van der Waals surface area contributed by atoms with Crippen molar-refractivity contribution < 1.29 is 23.9 Å². The highest BCUT2D eigenvalue weighted by atomic mass is 16.4. The number of rotatable bonds is 3. The van der Waals surface area contributed by atoms with Gasteiger partial charge in [0, 0.05) is 18.4 Å². The normalized spacial score (nSPS) is 17.3. The summed E-state index contributed by atoms with van der Waals surface area (Å²) in [7, 11) is 0. The number of carbonyl (C=O) groups is 3. The maximum Gasteiger partial charge on any atom is 0.372 e. The second-order valence-corrected chi connectivity index (χ2v) is 4.47. The van der Waals surface area contributed by atoms with E-state index in [9.17, 15) is 14.4 Å². The molecular weight excluding hydrogens is 238 g/mol. The molecule has 0 aromatic carbocycles. The summed E-state index contributed by atoms with van der Waals surface area (Å²) in [5.74, 6) is -1.92. The summed E-state index contributed by atoms with van der Waals surface area (Å²) < 4.78 is 4.81. The van der Waals surface area contributed by atoms with Gasteiger partial charge in [-0.05, 0) is 12.0 Å². The number of hydrogen-bond donors (Lipinski definition) is 1. The lowest BCUT2D eigenvalue weighted by atomic mass is 9.97. The van der Waals surface area contributed by atoms with Gasteiger partial charge in [0.2, 0.25) is 17.6 Å². The van der Waals surface area contributed by atoms with Crippen LogP contribution in [0.5, 0.6) is 0 Å². The third kappa shape index (κ3) is 2.27. The average Bonchev–Trinajstić information content (AvgIpc) is 2.71. The fraction of sp³-hybridized carbons (Fsp3) is 0.417. The summed E-state index contributed by atoms with van der Waals surface area (Å²) in [6, 6.07) is 1.46. The predicted molar refractivity (Wildman–Crippen MR) is 59.6 cm³/mol. The quantitative estimate of drug-likeness (QED) is 0.817. The molecule has 1 aliphatic heterocycles. The Morgan fingerprint density at radius 1 is 1.44 bits per heavy atom. The number of carboxylic acid groups (broad SMARTS) is 1. The molecule has 1 aliphatic rings. The second kappa shape index (κ2) is 4.64. The first-order valence-electron chi connectivity index (χ1n) is 5.62. The molecule has 0 bridgehead atoms. The molecule has 96 valence electrons. The number of amides is 2. The fourth-order valence-electron chi connectivity index (χ4n) is 2.02. The van der Waals surface area contributed by atoms with Gasteiger partial charge in [0.25, 0.3) is 0 Å². The topological polar surface area (TPSA) is 87.8 Å². The molecule has 6 nitrogen and oxygen atoms in total. The van der Waals surface area contributed by atoms with Crippen molar-refractivity contribution in [2.75, 3.05) is 0 Å². The molecule has 0 unspecified atom stereocenters. The third-order valence-corrected chi connectivity index (χ3v) is 2.92. The lowest BCUT2D eigenvalue weighted by molar-refractivity contribution is -0.150. The Labute approximate surface area is 103 Å². The molecule has 0 saturated carbocycles. The molecule has 18 heavy (non-hydrogen) atoms. The van der Waals surface area contributed by atoms with Gasteiger partial charge in [-0.1, -0.05) is 6.92 Å². The Hall–Kier alpha value is -2.11. The van der Waals surface area contributed by atoms with Gasteiger partial charge in [-0.3, -0.25) is 14.5 Å². The van der Waals surface area contributed by atoms with Crippen LogP contribution in [0.15, 0.2) is 16.7 Å². The van der Waals surface area contributed by atoms with E-state index in [1.807, 2.05) is 6.92 Å². The lowest BCUT2D eigenvalue weighted by Gasteiger charge is -2.27. The van der Waals surface area contributed by atoms with Gasteiger partial charge < -0.3 is 9.52 Å². The zero-order valence-corrected chi connectivity index (χ0v) is 9.88. The van der Waals surface area contributed by atoms with Gasteiger partial charge >= 0.3 is 5.97 Å². The molecule has 2 amide bonds. The predicted octanol–water partition coefficient (Wildman–Crippen LogP) is 1.26. The average molecular weight is 251 g/mol. The van der Waals surface area contributed by atoms with Crippen LogP contribution in [-0.2, 0) is 16.1 Å². The van der Waals surface area contributed by atoms with E-state index in [0.29, 0.717) is 18.4 Å². The molecule has 2 rings (SSSR count). The van der Waals surface area contributed by atoms with Gasteiger partial charge in [0.05, 0.1) is 12.8 Å². The summed E-state index contributed by atoms with van der Waals surface area (Å²) in [5, 5.41) is 8.88. The van der Waals surface area contributed by atoms with Crippen LogP contribution in [-0.4, -0.2) is 27.8 Å². The second-order valence-electron chi connectivity index (χ2n) is 4.47. The Kier molecular flexibility index (Phi) is 3.18. The third-order valence-electron chi connectivity index (χ3n) is 2.92. The highest BCUT2D eigenvalue weighted by Crippen LogP contribution is 2.22. The van der Waals surface area contributed by atoms with Crippen LogP contribution in [0.25, 0.3) is 0 Å². The van der Waals surface area contributed by atoms with E-state index in [-0.39, 0.29) is 30.0 Å². The standard InChI is InChI=1S/C12H13NO5/c1-7-4-9(14)13(10(15)5-7)6-8-2-3-18-11(8)12(16)17/h2-3,7H,4-6H2,1H3,(H,16,17). The fourth-order valence-corrected chi connectivity index (χ4v) is 2.02. The molecule has 0 atom stereocenters. The summed E-state index contributed by atoms with van der Waals surface area (Å²) >= 11 is 0. The van der Waals surface area contributed by atoms with Crippen LogP contribution in [0.4, 0.5) is 0 Å². The van der Waals surface area contributed by atoms with Crippen molar-refractivity contribution in [2.45, 2.75) is 26.3 Å². The Bertz CT molecular complexity index is 486. The maximum absolute atomic E-state index is 11.7. The molecule has 0 radical (unpaired) electrons. The van der Waals surface area contributed by atoms with Gasteiger partial charge in [-0.25, -0.2) is 4.79 Å². The van der Waals surface area contributed by atoms with Crippen molar-refractivity contribution in [1.29, 1.82) is 0 Å². The maximum atomic E-state index is 11.7. The number of piperidine rings is 1. The minimum absolute atomic E-state index is 0.0392.